The zero-order valence-electron chi connectivity index (χ0n) is 21.2. The van der Waals surface area contributed by atoms with Gasteiger partial charge in [0.1, 0.15) is 17.2 Å². The van der Waals surface area contributed by atoms with E-state index in [1.165, 1.54) is 36.7 Å². The Labute approximate surface area is 228 Å². The quantitative estimate of drug-likeness (QED) is 0.0629. The zero-order chi connectivity index (χ0) is 28.8. The molecule has 0 bridgehead atoms. The molecule has 0 saturated heterocycles. The topological polar surface area (TPSA) is 95.8 Å². The molecule has 0 atom stereocenters. The van der Waals surface area contributed by atoms with Gasteiger partial charge in [-0.05, 0) is 96.8 Å². The first-order valence-electron chi connectivity index (χ1n) is 12.0. The van der Waals surface area contributed by atoms with Crippen molar-refractivity contribution < 1.29 is 41.7 Å². The Morgan fingerprint density at radius 1 is 0.750 bits per heavy atom. The predicted molar refractivity (Wildman–Crippen MR) is 142 cm³/mol. The maximum absolute atomic E-state index is 12.4. The largest absolute Gasteiger partial charge is 0.573 e. The third kappa shape index (κ3) is 10.8. The molecule has 8 nitrogen and oxygen atoms in total. The highest BCUT2D eigenvalue weighted by Crippen LogP contribution is 2.22. The van der Waals surface area contributed by atoms with E-state index in [2.05, 4.69) is 21.5 Å². The highest BCUT2D eigenvalue weighted by molar-refractivity contribution is 5.91. The summed E-state index contributed by atoms with van der Waals surface area (Å²) in [5.74, 6) is -0.380. The zero-order valence-corrected chi connectivity index (χ0v) is 21.2. The van der Waals surface area contributed by atoms with Gasteiger partial charge in [0.2, 0.25) is 0 Å². The second-order valence-electron chi connectivity index (χ2n) is 8.02. The maximum Gasteiger partial charge on any atom is 0.573 e. The average molecular weight is 555 g/mol. The number of rotatable bonds is 13. The first kappa shape index (κ1) is 29.6. The smallest absolute Gasteiger partial charge is 0.494 e. The lowest BCUT2D eigenvalue weighted by Crippen LogP contribution is -2.16. The summed E-state index contributed by atoms with van der Waals surface area (Å²) in [4.78, 5) is 23.4. The first-order chi connectivity index (χ1) is 19.2. The van der Waals surface area contributed by atoms with E-state index in [0.29, 0.717) is 54.2 Å². The molecule has 0 fully saturated rings. The van der Waals surface area contributed by atoms with Gasteiger partial charge in [0.25, 0.3) is 0 Å². The third-order valence-corrected chi connectivity index (χ3v) is 4.99. The number of hydrogen-bond acceptors (Lipinski definition) is 8. The van der Waals surface area contributed by atoms with E-state index in [-0.39, 0.29) is 5.75 Å². The van der Waals surface area contributed by atoms with Crippen molar-refractivity contribution >= 4 is 24.4 Å². The molecule has 0 aliphatic rings. The van der Waals surface area contributed by atoms with Gasteiger partial charge in [-0.25, -0.2) is 9.59 Å². The Balaban J connectivity index is 1.41. The summed E-state index contributed by atoms with van der Waals surface area (Å²) in [6.07, 6.45) is 0.564. The molecule has 0 spiro atoms. The fraction of sp³-hybridized carbons (Fsp3) is 0.172. The van der Waals surface area contributed by atoms with E-state index in [1.54, 1.807) is 48.5 Å². The number of benzene rings is 3. The molecular formula is C29H25F3N2O6. The van der Waals surface area contributed by atoms with Crippen molar-refractivity contribution in [2.24, 2.45) is 10.2 Å². The van der Waals surface area contributed by atoms with E-state index >= 15 is 0 Å². The Hall–Kier alpha value is -4.93. The summed E-state index contributed by atoms with van der Waals surface area (Å²) in [7, 11) is 0. The standard InChI is InChI=1S/C29H25F3N2O6/c1-2-27(35)38-18-4-3-17-37-24-15-9-23(10-16-24)28(36)39-25-11-5-21(6-12-25)19-33-34-20-22-7-13-26(14-8-22)40-29(30,31)32/h2,5-16,19-20H,1,3-4,17-18H2. The molecule has 0 amide bonds. The van der Waals surface area contributed by atoms with Crippen molar-refractivity contribution in [2.45, 2.75) is 19.2 Å². The molecule has 208 valence electrons. The fourth-order valence-corrected chi connectivity index (χ4v) is 3.06. The highest BCUT2D eigenvalue weighted by Gasteiger charge is 2.30. The van der Waals surface area contributed by atoms with Crippen molar-refractivity contribution in [1.29, 1.82) is 0 Å². The van der Waals surface area contributed by atoms with Gasteiger partial charge in [-0.15, -0.1) is 13.2 Å². The average Bonchev–Trinajstić information content (AvgIpc) is 2.94. The normalized spacial score (nSPS) is 11.4. The molecule has 3 aromatic rings. The molecule has 0 radical (unpaired) electrons. The number of carbonyl (C=O) groups excluding carboxylic acids is 2. The van der Waals surface area contributed by atoms with Crippen LogP contribution in [0.1, 0.15) is 34.3 Å². The highest BCUT2D eigenvalue weighted by atomic mass is 19.4. The minimum atomic E-state index is -4.75. The van der Waals surface area contributed by atoms with Crippen LogP contribution in [0.5, 0.6) is 17.2 Å². The van der Waals surface area contributed by atoms with Crippen LogP contribution in [-0.4, -0.2) is 43.9 Å². The van der Waals surface area contributed by atoms with Crippen molar-refractivity contribution in [3.8, 4) is 17.2 Å². The number of alkyl halides is 3. The molecule has 0 aliphatic heterocycles. The molecule has 11 heteroatoms. The minimum absolute atomic E-state index is 0.297. The summed E-state index contributed by atoms with van der Waals surface area (Å²) < 4.78 is 56.3. The lowest BCUT2D eigenvalue weighted by Gasteiger charge is -2.08. The maximum atomic E-state index is 12.4. The van der Waals surface area contributed by atoms with Gasteiger partial charge in [-0.2, -0.15) is 10.2 Å². The van der Waals surface area contributed by atoms with Gasteiger partial charge in [0.05, 0.1) is 31.2 Å². The molecule has 0 saturated carbocycles. The number of nitrogens with zero attached hydrogens (tertiary/aromatic N) is 2. The lowest BCUT2D eigenvalue weighted by atomic mass is 10.2. The van der Waals surface area contributed by atoms with Gasteiger partial charge in [-0.1, -0.05) is 6.58 Å². The van der Waals surface area contributed by atoms with Crippen LogP contribution in [0.3, 0.4) is 0 Å². The van der Waals surface area contributed by atoms with E-state index in [0.717, 1.165) is 6.08 Å². The molecule has 0 N–H and O–H groups in total. The monoisotopic (exact) mass is 554 g/mol. The van der Waals surface area contributed by atoms with Crippen LogP contribution < -0.4 is 14.2 Å². The molecule has 0 aromatic heterocycles. The number of carbonyl (C=O) groups is 2. The SMILES string of the molecule is C=CC(=O)OCCCCOc1ccc(C(=O)Oc2ccc(C=NN=Cc3ccc(OC(F)(F)F)cc3)cc2)cc1. The fourth-order valence-electron chi connectivity index (χ4n) is 3.06. The molecule has 0 aliphatic carbocycles. The van der Waals surface area contributed by atoms with E-state index in [1.807, 2.05) is 0 Å². The van der Waals surface area contributed by atoms with Crippen LogP contribution in [0.25, 0.3) is 0 Å². The van der Waals surface area contributed by atoms with Gasteiger partial charge >= 0.3 is 18.3 Å². The van der Waals surface area contributed by atoms with Gasteiger partial charge in [0.15, 0.2) is 0 Å². The molecule has 0 heterocycles. The van der Waals surface area contributed by atoms with E-state index in [9.17, 15) is 22.8 Å². The predicted octanol–water partition coefficient (Wildman–Crippen LogP) is 6.15. The molecule has 0 unspecified atom stereocenters. The van der Waals surface area contributed by atoms with Gasteiger partial charge in [0, 0.05) is 6.08 Å². The lowest BCUT2D eigenvalue weighted by molar-refractivity contribution is -0.274. The molecule has 40 heavy (non-hydrogen) atoms. The summed E-state index contributed by atoms with van der Waals surface area (Å²) in [6.45, 7) is 4.06. The Morgan fingerprint density at radius 2 is 1.27 bits per heavy atom. The summed E-state index contributed by atoms with van der Waals surface area (Å²) in [5, 5.41) is 7.77. The van der Waals surface area contributed by atoms with Crippen LogP contribution in [0, 0.1) is 0 Å². The van der Waals surface area contributed by atoms with Crippen molar-refractivity contribution in [3.05, 3.63) is 102 Å². The van der Waals surface area contributed by atoms with Crippen LogP contribution >= 0.6 is 0 Å². The number of hydrogen-bond donors (Lipinski definition) is 0. The molecule has 3 rings (SSSR count). The second-order valence-corrected chi connectivity index (χ2v) is 8.02. The van der Waals surface area contributed by atoms with Gasteiger partial charge in [-0.3, -0.25) is 0 Å². The number of ether oxygens (including phenoxy) is 4. The van der Waals surface area contributed by atoms with Crippen LogP contribution in [0.15, 0.2) is 95.7 Å². The summed E-state index contributed by atoms with van der Waals surface area (Å²) in [5.41, 5.74) is 1.57. The molecular weight excluding hydrogens is 529 g/mol. The number of esters is 2. The van der Waals surface area contributed by atoms with E-state index < -0.39 is 18.3 Å². The minimum Gasteiger partial charge on any atom is -0.494 e. The first-order valence-corrected chi connectivity index (χ1v) is 12.0. The van der Waals surface area contributed by atoms with Crippen molar-refractivity contribution in [1.82, 2.24) is 0 Å². The Morgan fingerprint density at radius 3 is 1.82 bits per heavy atom. The number of halogens is 3. The Kier molecular flexibility index (Phi) is 11.0. The van der Waals surface area contributed by atoms with Crippen molar-refractivity contribution in [3.63, 3.8) is 0 Å². The van der Waals surface area contributed by atoms with Crippen LogP contribution in [0.2, 0.25) is 0 Å². The number of unbranched alkanes of at least 4 members (excludes halogenated alkanes) is 1. The summed E-state index contributed by atoms with van der Waals surface area (Å²) >= 11 is 0. The van der Waals surface area contributed by atoms with Crippen LogP contribution in [0.4, 0.5) is 13.2 Å². The van der Waals surface area contributed by atoms with Crippen molar-refractivity contribution in [2.75, 3.05) is 13.2 Å². The van der Waals surface area contributed by atoms with E-state index in [4.69, 9.17) is 14.2 Å². The third-order valence-electron chi connectivity index (χ3n) is 4.99. The Bertz CT molecular complexity index is 1320. The molecule has 3 aromatic carbocycles. The summed E-state index contributed by atoms with van der Waals surface area (Å²) in [6, 6.07) is 18.3. The van der Waals surface area contributed by atoms with Crippen LogP contribution in [-0.2, 0) is 9.53 Å². The van der Waals surface area contributed by atoms with Gasteiger partial charge < -0.3 is 18.9 Å². The second kappa shape index (κ2) is 14.9.